The van der Waals surface area contributed by atoms with Crippen LogP contribution in [0, 0.1) is 0 Å². The summed E-state index contributed by atoms with van der Waals surface area (Å²) >= 11 is 1.36. The van der Waals surface area contributed by atoms with Crippen LogP contribution in [0.2, 0.25) is 0 Å². The molecule has 1 heterocycles. The van der Waals surface area contributed by atoms with Crippen molar-refractivity contribution in [1.82, 2.24) is 10.3 Å². The Morgan fingerprint density at radius 1 is 1.02 bits per heavy atom. The number of alkyl halides is 3. The van der Waals surface area contributed by atoms with Gasteiger partial charge in [0.2, 0.25) is 0 Å². The summed E-state index contributed by atoms with van der Waals surface area (Å²) < 4.78 is 47.3. The van der Waals surface area contributed by atoms with E-state index in [-0.39, 0.29) is 18.7 Å². The van der Waals surface area contributed by atoms with Gasteiger partial charge in [0.25, 0.3) is 5.91 Å². The molecule has 3 aromatic carbocycles. The standard InChI is InChI=1S/C28H24F3N3O5S/c1-38-23-4-2-3-20(15-23)24-17-40-27(33-24)34(21-9-11-22(12-10-21)39-28(29,30)31)16-18-5-7-19(8-6-18)26(37)32-14-13-25(35)36/h2-12,15,17H,13-14,16H2,1H3,(H,32,37)(H,35,36). The van der Waals surface area contributed by atoms with Crippen LogP contribution in [-0.4, -0.2) is 42.0 Å². The Morgan fingerprint density at radius 2 is 1.75 bits per heavy atom. The van der Waals surface area contributed by atoms with Gasteiger partial charge in [-0.1, -0.05) is 24.3 Å². The van der Waals surface area contributed by atoms with Gasteiger partial charge in [-0.15, -0.1) is 24.5 Å². The highest BCUT2D eigenvalue weighted by atomic mass is 32.1. The average molecular weight is 572 g/mol. The van der Waals surface area contributed by atoms with E-state index in [2.05, 4.69) is 10.1 Å². The van der Waals surface area contributed by atoms with E-state index in [4.69, 9.17) is 14.8 Å². The fraction of sp³-hybridized carbons (Fsp3) is 0.179. The Bertz CT molecular complexity index is 1460. The second-order valence-corrected chi connectivity index (χ2v) is 9.31. The Morgan fingerprint density at radius 3 is 2.40 bits per heavy atom. The van der Waals surface area contributed by atoms with Crippen LogP contribution in [0.25, 0.3) is 11.3 Å². The molecule has 0 fully saturated rings. The lowest BCUT2D eigenvalue weighted by atomic mass is 10.1. The molecule has 0 aliphatic heterocycles. The van der Waals surface area contributed by atoms with E-state index in [1.54, 1.807) is 31.4 Å². The summed E-state index contributed by atoms with van der Waals surface area (Å²) in [5.74, 6) is -1.07. The molecule has 208 valence electrons. The summed E-state index contributed by atoms with van der Waals surface area (Å²) in [5.41, 5.74) is 3.29. The van der Waals surface area contributed by atoms with Gasteiger partial charge in [-0.3, -0.25) is 9.59 Å². The van der Waals surface area contributed by atoms with Crippen LogP contribution in [0.4, 0.5) is 24.0 Å². The van der Waals surface area contributed by atoms with Crippen LogP contribution in [0.3, 0.4) is 0 Å². The van der Waals surface area contributed by atoms with Crippen LogP contribution < -0.4 is 19.7 Å². The molecule has 0 aliphatic rings. The number of carboxylic acids is 1. The molecular formula is C28H24F3N3O5S. The first-order valence-corrected chi connectivity index (χ1v) is 12.8. The van der Waals surface area contributed by atoms with E-state index < -0.39 is 18.2 Å². The van der Waals surface area contributed by atoms with Crippen molar-refractivity contribution in [2.45, 2.75) is 19.3 Å². The summed E-state index contributed by atoms with van der Waals surface area (Å²) in [6.07, 6.45) is -4.99. The molecule has 2 N–H and O–H groups in total. The number of nitrogens with zero attached hydrogens (tertiary/aromatic N) is 2. The number of thiazole rings is 1. The third-order valence-electron chi connectivity index (χ3n) is 5.65. The molecule has 0 aliphatic carbocycles. The van der Waals surface area contributed by atoms with Crippen molar-refractivity contribution in [3.05, 3.63) is 89.3 Å². The molecule has 1 aromatic heterocycles. The number of nitrogens with one attached hydrogen (secondary N) is 1. The number of halogens is 3. The molecule has 0 spiro atoms. The summed E-state index contributed by atoms with van der Waals surface area (Å²) in [6.45, 7) is 0.308. The van der Waals surface area contributed by atoms with E-state index in [1.807, 2.05) is 34.5 Å². The molecule has 0 radical (unpaired) electrons. The SMILES string of the molecule is COc1cccc(-c2csc(N(Cc3ccc(C(=O)NCCC(=O)O)cc3)c3ccc(OC(F)(F)F)cc3)n2)c1. The molecule has 0 unspecified atom stereocenters. The van der Waals surface area contributed by atoms with Crippen molar-refractivity contribution in [3.8, 4) is 22.8 Å². The van der Waals surface area contributed by atoms with Crippen LogP contribution in [0.5, 0.6) is 11.5 Å². The summed E-state index contributed by atoms with van der Waals surface area (Å²) in [5, 5.41) is 13.8. The maximum Gasteiger partial charge on any atom is 0.573 e. The van der Waals surface area contributed by atoms with Crippen molar-refractivity contribution in [2.24, 2.45) is 0 Å². The van der Waals surface area contributed by atoms with E-state index in [0.717, 1.165) is 11.1 Å². The van der Waals surface area contributed by atoms with Crippen LogP contribution in [0.1, 0.15) is 22.3 Å². The van der Waals surface area contributed by atoms with Crippen LogP contribution in [0.15, 0.2) is 78.2 Å². The minimum atomic E-state index is -4.80. The first kappa shape index (κ1) is 28.4. The molecule has 40 heavy (non-hydrogen) atoms. The molecule has 1 amide bonds. The van der Waals surface area contributed by atoms with E-state index >= 15 is 0 Å². The van der Waals surface area contributed by atoms with E-state index in [9.17, 15) is 22.8 Å². The maximum absolute atomic E-state index is 12.7. The van der Waals surface area contributed by atoms with Gasteiger partial charge in [-0.25, -0.2) is 4.98 Å². The number of ether oxygens (including phenoxy) is 2. The lowest BCUT2D eigenvalue weighted by Crippen LogP contribution is -2.26. The highest BCUT2D eigenvalue weighted by Crippen LogP contribution is 2.35. The van der Waals surface area contributed by atoms with Gasteiger partial charge in [-0.2, -0.15) is 0 Å². The van der Waals surface area contributed by atoms with Gasteiger partial charge >= 0.3 is 12.3 Å². The van der Waals surface area contributed by atoms with Gasteiger partial charge < -0.3 is 24.8 Å². The topological polar surface area (TPSA) is 101 Å². The largest absolute Gasteiger partial charge is 0.573 e. The Balaban J connectivity index is 1.59. The fourth-order valence-corrected chi connectivity index (χ4v) is 4.58. The smallest absolute Gasteiger partial charge is 0.497 e. The monoisotopic (exact) mass is 571 g/mol. The summed E-state index contributed by atoms with van der Waals surface area (Å²) in [6, 6.07) is 19.6. The molecule has 4 rings (SSSR count). The molecule has 0 saturated heterocycles. The number of hydrogen-bond acceptors (Lipinski definition) is 7. The summed E-state index contributed by atoms with van der Waals surface area (Å²) in [7, 11) is 1.57. The Labute approximate surface area is 231 Å². The number of rotatable bonds is 11. The minimum absolute atomic E-state index is 0.0113. The zero-order valence-electron chi connectivity index (χ0n) is 21.1. The minimum Gasteiger partial charge on any atom is -0.497 e. The Hall–Kier alpha value is -4.58. The highest BCUT2D eigenvalue weighted by molar-refractivity contribution is 7.14. The Kier molecular flexibility index (Phi) is 8.90. The summed E-state index contributed by atoms with van der Waals surface area (Å²) in [4.78, 5) is 29.6. The number of carboxylic acid groups (broad SMARTS) is 1. The van der Waals surface area contributed by atoms with Crippen LogP contribution >= 0.6 is 11.3 Å². The molecular weight excluding hydrogens is 547 g/mol. The third kappa shape index (κ3) is 7.73. The molecule has 0 saturated carbocycles. The maximum atomic E-state index is 12.7. The van der Waals surface area contributed by atoms with Gasteiger partial charge in [0, 0.05) is 28.7 Å². The predicted octanol–water partition coefficient (Wildman–Crippen LogP) is 6.26. The third-order valence-corrected chi connectivity index (χ3v) is 6.52. The number of benzene rings is 3. The normalized spacial score (nSPS) is 11.1. The van der Waals surface area contributed by atoms with Crippen molar-refractivity contribution in [2.75, 3.05) is 18.6 Å². The van der Waals surface area contributed by atoms with E-state index in [0.29, 0.717) is 34.4 Å². The van der Waals surface area contributed by atoms with Gasteiger partial charge in [0.1, 0.15) is 11.5 Å². The van der Waals surface area contributed by atoms with Crippen molar-refractivity contribution in [1.29, 1.82) is 0 Å². The number of aliphatic carboxylic acids is 1. The number of anilines is 2. The second-order valence-electron chi connectivity index (χ2n) is 8.47. The number of amides is 1. The molecule has 8 nitrogen and oxygen atoms in total. The average Bonchev–Trinajstić information content (AvgIpc) is 3.42. The first-order valence-electron chi connectivity index (χ1n) is 11.9. The number of methoxy groups -OCH3 is 1. The van der Waals surface area contributed by atoms with Gasteiger partial charge in [0.15, 0.2) is 5.13 Å². The molecule has 0 bridgehead atoms. The lowest BCUT2D eigenvalue weighted by molar-refractivity contribution is -0.274. The highest BCUT2D eigenvalue weighted by Gasteiger charge is 2.31. The predicted molar refractivity (Wildman–Crippen MR) is 144 cm³/mol. The number of carbonyl (C=O) groups is 2. The molecule has 4 aromatic rings. The van der Waals surface area contributed by atoms with Crippen molar-refractivity contribution >= 4 is 34.0 Å². The first-order chi connectivity index (χ1) is 19.1. The zero-order chi connectivity index (χ0) is 28.7. The number of carbonyl (C=O) groups excluding carboxylic acids is 1. The molecule has 0 atom stereocenters. The quantitative estimate of drug-likeness (QED) is 0.219. The zero-order valence-corrected chi connectivity index (χ0v) is 22.0. The fourth-order valence-electron chi connectivity index (χ4n) is 3.73. The number of hydrogen-bond donors (Lipinski definition) is 2. The van der Waals surface area contributed by atoms with Crippen LogP contribution in [-0.2, 0) is 11.3 Å². The van der Waals surface area contributed by atoms with Crippen molar-refractivity contribution in [3.63, 3.8) is 0 Å². The van der Waals surface area contributed by atoms with Gasteiger partial charge in [0.05, 0.1) is 25.8 Å². The van der Waals surface area contributed by atoms with Gasteiger partial charge in [-0.05, 0) is 54.1 Å². The lowest BCUT2D eigenvalue weighted by Gasteiger charge is -2.23. The molecule has 12 heteroatoms. The number of aromatic nitrogens is 1. The van der Waals surface area contributed by atoms with Crippen molar-refractivity contribution < 1.29 is 37.3 Å². The second kappa shape index (κ2) is 12.5. The van der Waals surface area contributed by atoms with E-state index in [1.165, 1.54) is 35.6 Å².